The number of hydrogen-bond acceptors (Lipinski definition) is 2. The largest absolute Gasteiger partial charge is 0.456 e. The Morgan fingerprint density at radius 2 is 1.08 bits per heavy atom. The summed E-state index contributed by atoms with van der Waals surface area (Å²) in [4.78, 5) is 5.56. The molecule has 11 rings (SSSR count). The molecule has 3 nitrogen and oxygen atoms in total. The van der Waals surface area contributed by atoms with Crippen LogP contribution in [0.25, 0.3) is 104 Å². The first-order valence-electron chi connectivity index (χ1n) is 17.0. The molecule has 0 spiro atoms. The summed E-state index contributed by atoms with van der Waals surface area (Å²) in [6.07, 6.45) is 0. The highest BCUT2D eigenvalue weighted by atomic mass is 16.3. The Hall–Kier alpha value is -6.71. The molecule has 0 fully saturated rings. The topological polar surface area (TPSA) is 31.0 Å². The van der Waals surface area contributed by atoms with E-state index in [0.717, 1.165) is 60.9 Å². The first-order valence-corrected chi connectivity index (χ1v) is 17.0. The Bertz CT molecular complexity index is 3140. The lowest BCUT2D eigenvalue weighted by molar-refractivity contribution is 0.669. The summed E-state index contributed by atoms with van der Waals surface area (Å²) in [5, 5.41) is 10.5. The Kier molecular flexibility index (Phi) is 5.67. The normalized spacial score (nSPS) is 12.0. The Morgan fingerprint density at radius 1 is 0.420 bits per heavy atom. The van der Waals surface area contributed by atoms with Gasteiger partial charge in [0, 0.05) is 32.8 Å². The average molecular weight is 637 g/mol. The molecule has 11 aromatic rings. The van der Waals surface area contributed by atoms with Gasteiger partial charge in [0.2, 0.25) is 0 Å². The molecule has 0 bridgehead atoms. The highest BCUT2D eigenvalue weighted by molar-refractivity contribution is 6.27. The lowest BCUT2D eigenvalue weighted by atomic mass is 9.92. The fourth-order valence-corrected chi connectivity index (χ4v) is 8.13. The first kappa shape index (κ1) is 27.3. The second kappa shape index (κ2) is 10.4. The molecule has 50 heavy (non-hydrogen) atoms. The summed E-state index contributed by atoms with van der Waals surface area (Å²) < 4.78 is 8.91. The van der Waals surface area contributed by atoms with Gasteiger partial charge in [0.05, 0.1) is 27.6 Å². The standard InChI is InChI=1S/C47H28N2O/c1-2-14-32(15-3-1)49-41-20-9-8-18-36(41)37-23-21-31(27-42(37)49)40-28-39(35-19-10-13-29-11-4-6-16-33(29)35)38-24-26-44-46(47(38)48-40)45-34-17-7-5-12-30(34)22-25-43(45)50-44/h1-28H. The SMILES string of the molecule is c1ccc(-n2c3ccccc3c3ccc(-c4cc(-c5cccc6ccccc56)c5ccc6oc7ccc8ccccc8c7c6c5n4)cc32)cc1. The lowest BCUT2D eigenvalue weighted by Crippen LogP contribution is -1.94. The summed E-state index contributed by atoms with van der Waals surface area (Å²) >= 11 is 0. The van der Waals surface area contributed by atoms with Gasteiger partial charge in [-0.05, 0) is 81.2 Å². The van der Waals surface area contributed by atoms with Crippen molar-refractivity contribution >= 4 is 76.2 Å². The minimum Gasteiger partial charge on any atom is -0.456 e. The number of nitrogens with zero attached hydrogens (tertiary/aromatic N) is 2. The fourth-order valence-electron chi connectivity index (χ4n) is 8.13. The second-order valence-electron chi connectivity index (χ2n) is 13.1. The van der Waals surface area contributed by atoms with E-state index in [-0.39, 0.29) is 0 Å². The van der Waals surface area contributed by atoms with E-state index in [1.807, 2.05) is 0 Å². The first-order chi connectivity index (χ1) is 24.8. The maximum absolute atomic E-state index is 6.54. The van der Waals surface area contributed by atoms with Crippen LogP contribution in [0.2, 0.25) is 0 Å². The number of pyridine rings is 1. The van der Waals surface area contributed by atoms with Crippen LogP contribution in [0.3, 0.4) is 0 Å². The van der Waals surface area contributed by atoms with E-state index in [1.165, 1.54) is 43.4 Å². The van der Waals surface area contributed by atoms with Gasteiger partial charge in [-0.3, -0.25) is 0 Å². The smallest absolute Gasteiger partial charge is 0.137 e. The number of benzene rings is 8. The number of hydrogen-bond donors (Lipinski definition) is 0. The number of rotatable bonds is 3. The van der Waals surface area contributed by atoms with Crippen LogP contribution < -0.4 is 0 Å². The summed E-state index contributed by atoms with van der Waals surface area (Å²) in [7, 11) is 0. The molecule has 0 saturated heterocycles. The molecule has 0 amide bonds. The number of para-hydroxylation sites is 2. The molecule has 0 aliphatic rings. The summed E-state index contributed by atoms with van der Waals surface area (Å²) in [6, 6.07) is 60.7. The van der Waals surface area contributed by atoms with E-state index >= 15 is 0 Å². The third-order valence-electron chi connectivity index (χ3n) is 10.4. The molecule has 0 aliphatic carbocycles. The quantitative estimate of drug-likeness (QED) is 0.193. The van der Waals surface area contributed by atoms with Gasteiger partial charge < -0.3 is 8.98 Å². The van der Waals surface area contributed by atoms with Crippen molar-refractivity contribution in [3.8, 4) is 28.1 Å². The minimum absolute atomic E-state index is 0.844. The van der Waals surface area contributed by atoms with E-state index in [0.29, 0.717) is 0 Å². The zero-order chi connectivity index (χ0) is 32.8. The number of aromatic nitrogens is 2. The molecule has 0 aliphatic heterocycles. The van der Waals surface area contributed by atoms with Crippen molar-refractivity contribution in [1.29, 1.82) is 0 Å². The zero-order valence-electron chi connectivity index (χ0n) is 27.0. The Balaban J connectivity index is 1.28. The molecule has 3 aromatic heterocycles. The molecule has 0 N–H and O–H groups in total. The van der Waals surface area contributed by atoms with Crippen molar-refractivity contribution in [2.45, 2.75) is 0 Å². The van der Waals surface area contributed by atoms with Crippen LogP contribution in [0, 0.1) is 0 Å². The van der Waals surface area contributed by atoms with Gasteiger partial charge in [0.1, 0.15) is 11.2 Å². The molecule has 3 heterocycles. The van der Waals surface area contributed by atoms with Gasteiger partial charge in [-0.25, -0.2) is 4.98 Å². The van der Waals surface area contributed by atoms with Gasteiger partial charge >= 0.3 is 0 Å². The predicted octanol–water partition coefficient (Wildman–Crippen LogP) is 12.9. The average Bonchev–Trinajstić information content (AvgIpc) is 3.74. The number of furan rings is 1. The van der Waals surface area contributed by atoms with Crippen molar-refractivity contribution in [3.63, 3.8) is 0 Å². The van der Waals surface area contributed by atoms with E-state index in [9.17, 15) is 0 Å². The summed E-state index contributed by atoms with van der Waals surface area (Å²) in [6.45, 7) is 0. The zero-order valence-corrected chi connectivity index (χ0v) is 27.0. The van der Waals surface area contributed by atoms with Crippen LogP contribution >= 0.6 is 0 Å². The van der Waals surface area contributed by atoms with Gasteiger partial charge in [-0.2, -0.15) is 0 Å². The molecule has 0 atom stereocenters. The fraction of sp³-hybridized carbons (Fsp3) is 0. The van der Waals surface area contributed by atoms with E-state index in [1.54, 1.807) is 0 Å². The van der Waals surface area contributed by atoms with E-state index < -0.39 is 0 Å². The molecule has 232 valence electrons. The van der Waals surface area contributed by atoms with Gasteiger partial charge in [-0.15, -0.1) is 0 Å². The lowest BCUT2D eigenvalue weighted by Gasteiger charge is -2.14. The maximum Gasteiger partial charge on any atom is 0.137 e. The van der Waals surface area contributed by atoms with Gasteiger partial charge in [-0.1, -0.05) is 121 Å². The monoisotopic (exact) mass is 636 g/mol. The van der Waals surface area contributed by atoms with E-state index in [4.69, 9.17) is 9.40 Å². The molecule has 3 heteroatoms. The Morgan fingerprint density at radius 3 is 1.96 bits per heavy atom. The van der Waals surface area contributed by atoms with E-state index in [2.05, 4.69) is 174 Å². The van der Waals surface area contributed by atoms with Crippen LogP contribution in [0.4, 0.5) is 0 Å². The third-order valence-corrected chi connectivity index (χ3v) is 10.4. The Labute approximate surface area is 287 Å². The van der Waals surface area contributed by atoms with Crippen LogP contribution in [-0.2, 0) is 0 Å². The van der Waals surface area contributed by atoms with Crippen LogP contribution in [0.1, 0.15) is 0 Å². The van der Waals surface area contributed by atoms with Crippen molar-refractivity contribution in [2.24, 2.45) is 0 Å². The molecular weight excluding hydrogens is 609 g/mol. The van der Waals surface area contributed by atoms with Crippen LogP contribution in [-0.4, -0.2) is 9.55 Å². The number of fused-ring (bicyclic) bond motifs is 11. The van der Waals surface area contributed by atoms with Crippen molar-refractivity contribution in [2.75, 3.05) is 0 Å². The highest BCUT2D eigenvalue weighted by Crippen LogP contribution is 2.43. The minimum atomic E-state index is 0.844. The van der Waals surface area contributed by atoms with Crippen molar-refractivity contribution in [1.82, 2.24) is 9.55 Å². The molecule has 8 aromatic carbocycles. The molecule has 0 saturated carbocycles. The van der Waals surface area contributed by atoms with Gasteiger partial charge in [0.15, 0.2) is 0 Å². The predicted molar refractivity (Wildman–Crippen MR) is 209 cm³/mol. The van der Waals surface area contributed by atoms with Crippen LogP contribution in [0.5, 0.6) is 0 Å². The molecule has 0 unspecified atom stereocenters. The van der Waals surface area contributed by atoms with Crippen molar-refractivity contribution in [3.05, 3.63) is 170 Å². The summed E-state index contributed by atoms with van der Waals surface area (Å²) in [5.41, 5.74) is 10.5. The molecule has 0 radical (unpaired) electrons. The van der Waals surface area contributed by atoms with Crippen LogP contribution in [0.15, 0.2) is 174 Å². The van der Waals surface area contributed by atoms with Gasteiger partial charge in [0.25, 0.3) is 0 Å². The highest BCUT2D eigenvalue weighted by Gasteiger charge is 2.20. The van der Waals surface area contributed by atoms with Crippen molar-refractivity contribution < 1.29 is 4.42 Å². The molecular formula is C47H28N2O. The maximum atomic E-state index is 6.54. The summed E-state index contributed by atoms with van der Waals surface area (Å²) in [5.74, 6) is 0. The second-order valence-corrected chi connectivity index (χ2v) is 13.1. The third kappa shape index (κ3) is 3.89.